The lowest BCUT2D eigenvalue weighted by Gasteiger charge is -2.32. The minimum atomic E-state index is -3.58. The Hall–Kier alpha value is -1.93. The minimum Gasteiger partial charge on any atom is -0.353 e. The molecule has 2 saturated heterocycles. The van der Waals surface area contributed by atoms with Crippen LogP contribution in [-0.2, 0) is 14.8 Å². The van der Waals surface area contributed by atoms with Crippen molar-refractivity contribution in [2.75, 3.05) is 26.2 Å². The highest BCUT2D eigenvalue weighted by Gasteiger charge is 2.32. The van der Waals surface area contributed by atoms with Crippen LogP contribution in [0, 0.1) is 5.92 Å². The maximum atomic E-state index is 13.1. The second-order valence-electron chi connectivity index (χ2n) is 8.70. The van der Waals surface area contributed by atoms with Crippen molar-refractivity contribution in [2.24, 2.45) is 5.92 Å². The summed E-state index contributed by atoms with van der Waals surface area (Å²) in [7, 11) is -3.58. The summed E-state index contributed by atoms with van der Waals surface area (Å²) >= 11 is 0. The van der Waals surface area contributed by atoms with Gasteiger partial charge in [0.2, 0.25) is 15.9 Å². The predicted octanol–water partition coefficient (Wildman–Crippen LogP) is 2.38. The van der Waals surface area contributed by atoms with Crippen LogP contribution in [0.5, 0.6) is 0 Å². The van der Waals surface area contributed by atoms with E-state index in [2.05, 4.69) is 5.32 Å². The van der Waals surface area contributed by atoms with Crippen molar-refractivity contribution in [1.82, 2.24) is 14.5 Å². The Morgan fingerprint density at radius 1 is 0.900 bits per heavy atom. The Bertz CT molecular complexity index is 881. The number of nitrogens with one attached hydrogen (secondary N) is 1. The SMILES string of the molecule is O=C(NC1CCN(C(=O)c2cccc(S(=O)(=O)N3CCCCCC3)c2)CC1)C1CC1. The molecule has 7 nitrogen and oxygen atoms in total. The van der Waals surface area contributed by atoms with Gasteiger partial charge in [-0.3, -0.25) is 9.59 Å². The molecule has 0 bridgehead atoms. The molecule has 1 saturated carbocycles. The molecule has 1 aromatic carbocycles. The molecule has 0 radical (unpaired) electrons. The van der Waals surface area contributed by atoms with E-state index in [-0.39, 0.29) is 28.7 Å². The van der Waals surface area contributed by atoms with Crippen LogP contribution in [0.4, 0.5) is 0 Å². The van der Waals surface area contributed by atoms with E-state index in [0.717, 1.165) is 51.4 Å². The van der Waals surface area contributed by atoms with Gasteiger partial charge in [0.1, 0.15) is 0 Å². The lowest BCUT2D eigenvalue weighted by Crippen LogP contribution is -2.47. The molecule has 0 spiro atoms. The van der Waals surface area contributed by atoms with Gasteiger partial charge in [0.05, 0.1) is 4.90 Å². The number of piperidine rings is 1. The van der Waals surface area contributed by atoms with Crippen LogP contribution in [0.15, 0.2) is 29.2 Å². The summed E-state index contributed by atoms with van der Waals surface area (Å²) < 4.78 is 27.7. The monoisotopic (exact) mass is 433 g/mol. The van der Waals surface area contributed by atoms with E-state index < -0.39 is 10.0 Å². The Labute approximate surface area is 178 Å². The van der Waals surface area contributed by atoms with Crippen LogP contribution >= 0.6 is 0 Å². The molecule has 2 aliphatic heterocycles. The molecule has 3 fully saturated rings. The molecular formula is C22H31N3O4S. The molecule has 0 atom stereocenters. The first-order valence-electron chi connectivity index (χ1n) is 11.1. The van der Waals surface area contributed by atoms with Gasteiger partial charge >= 0.3 is 0 Å². The quantitative estimate of drug-likeness (QED) is 0.772. The van der Waals surface area contributed by atoms with Gasteiger partial charge in [-0.15, -0.1) is 0 Å². The maximum Gasteiger partial charge on any atom is 0.253 e. The van der Waals surface area contributed by atoms with E-state index >= 15 is 0 Å². The first kappa shape index (κ1) is 21.3. The molecule has 2 amide bonds. The van der Waals surface area contributed by atoms with E-state index in [1.54, 1.807) is 27.4 Å². The summed E-state index contributed by atoms with van der Waals surface area (Å²) in [6.45, 7) is 2.22. The van der Waals surface area contributed by atoms with Crippen molar-refractivity contribution in [3.63, 3.8) is 0 Å². The zero-order valence-electron chi connectivity index (χ0n) is 17.4. The Balaban J connectivity index is 1.39. The highest BCUT2D eigenvalue weighted by molar-refractivity contribution is 7.89. The highest BCUT2D eigenvalue weighted by Crippen LogP contribution is 2.29. The maximum absolute atomic E-state index is 13.1. The number of rotatable bonds is 5. The number of likely N-dealkylation sites (tertiary alicyclic amines) is 1. The van der Waals surface area contributed by atoms with Crippen molar-refractivity contribution in [2.45, 2.75) is 62.3 Å². The van der Waals surface area contributed by atoms with Crippen LogP contribution in [-0.4, -0.2) is 61.7 Å². The lowest BCUT2D eigenvalue weighted by atomic mass is 10.0. The highest BCUT2D eigenvalue weighted by atomic mass is 32.2. The third kappa shape index (κ3) is 4.86. The van der Waals surface area contributed by atoms with Crippen molar-refractivity contribution in [3.05, 3.63) is 29.8 Å². The molecular weight excluding hydrogens is 402 g/mol. The largest absolute Gasteiger partial charge is 0.353 e. The number of sulfonamides is 1. The summed E-state index contributed by atoms with van der Waals surface area (Å²) in [6, 6.07) is 6.56. The third-order valence-corrected chi connectivity index (χ3v) is 8.26. The molecule has 4 rings (SSSR count). The zero-order chi connectivity index (χ0) is 21.1. The normalized spacial score (nSPS) is 21.8. The molecule has 1 N–H and O–H groups in total. The molecule has 30 heavy (non-hydrogen) atoms. The van der Waals surface area contributed by atoms with Crippen LogP contribution < -0.4 is 5.32 Å². The van der Waals surface area contributed by atoms with Crippen LogP contribution in [0.1, 0.15) is 61.7 Å². The average molecular weight is 434 g/mol. The van der Waals surface area contributed by atoms with Gasteiger partial charge in [-0.2, -0.15) is 4.31 Å². The van der Waals surface area contributed by atoms with Gasteiger partial charge in [-0.1, -0.05) is 18.9 Å². The fourth-order valence-electron chi connectivity index (χ4n) is 4.29. The fourth-order valence-corrected chi connectivity index (χ4v) is 5.86. The smallest absolute Gasteiger partial charge is 0.253 e. The predicted molar refractivity (Wildman–Crippen MR) is 113 cm³/mol. The van der Waals surface area contributed by atoms with E-state index in [4.69, 9.17) is 0 Å². The number of hydrogen-bond donors (Lipinski definition) is 1. The van der Waals surface area contributed by atoms with Gasteiger partial charge in [-0.25, -0.2) is 8.42 Å². The minimum absolute atomic E-state index is 0.122. The van der Waals surface area contributed by atoms with Gasteiger partial charge in [0.15, 0.2) is 0 Å². The standard InChI is InChI=1S/C22H31N3O4S/c26-21(17-8-9-17)23-19-10-14-24(15-11-19)22(27)18-6-5-7-20(16-18)30(28,29)25-12-3-1-2-4-13-25/h5-7,16-17,19H,1-4,8-15H2,(H,23,26). The molecule has 1 aliphatic carbocycles. The second-order valence-corrected chi connectivity index (χ2v) is 10.6. The van der Waals surface area contributed by atoms with Gasteiger partial charge in [0, 0.05) is 43.7 Å². The summed E-state index contributed by atoms with van der Waals surface area (Å²) in [5.41, 5.74) is 0.409. The van der Waals surface area contributed by atoms with E-state index in [0.29, 0.717) is 31.7 Å². The van der Waals surface area contributed by atoms with Gasteiger partial charge in [-0.05, 0) is 56.7 Å². The average Bonchev–Trinajstić information content (AvgIpc) is 3.61. The molecule has 0 unspecified atom stereocenters. The van der Waals surface area contributed by atoms with E-state index in [1.165, 1.54) is 6.07 Å². The number of amides is 2. The second kappa shape index (κ2) is 9.06. The van der Waals surface area contributed by atoms with E-state index in [9.17, 15) is 18.0 Å². The Kier molecular flexibility index (Phi) is 6.43. The van der Waals surface area contributed by atoms with Crippen molar-refractivity contribution in [1.29, 1.82) is 0 Å². The Morgan fingerprint density at radius 3 is 2.20 bits per heavy atom. The lowest BCUT2D eigenvalue weighted by molar-refractivity contribution is -0.123. The van der Waals surface area contributed by atoms with Crippen LogP contribution in [0.2, 0.25) is 0 Å². The van der Waals surface area contributed by atoms with Crippen molar-refractivity contribution < 1.29 is 18.0 Å². The third-order valence-electron chi connectivity index (χ3n) is 6.36. The molecule has 3 aliphatic rings. The molecule has 0 aromatic heterocycles. The molecule has 2 heterocycles. The van der Waals surface area contributed by atoms with E-state index in [1.807, 2.05) is 0 Å². The molecule has 8 heteroatoms. The number of carbonyl (C=O) groups excluding carboxylic acids is 2. The topological polar surface area (TPSA) is 86.8 Å². The number of hydrogen-bond acceptors (Lipinski definition) is 4. The molecule has 164 valence electrons. The number of nitrogens with zero attached hydrogens (tertiary/aromatic N) is 2. The first-order valence-corrected chi connectivity index (χ1v) is 12.6. The number of benzene rings is 1. The zero-order valence-corrected chi connectivity index (χ0v) is 18.2. The number of carbonyl (C=O) groups is 2. The van der Waals surface area contributed by atoms with Crippen molar-refractivity contribution >= 4 is 21.8 Å². The van der Waals surface area contributed by atoms with Crippen LogP contribution in [0.25, 0.3) is 0 Å². The van der Waals surface area contributed by atoms with Crippen molar-refractivity contribution in [3.8, 4) is 0 Å². The summed E-state index contributed by atoms with van der Waals surface area (Å²) in [5, 5.41) is 3.09. The Morgan fingerprint density at radius 2 is 1.57 bits per heavy atom. The van der Waals surface area contributed by atoms with Crippen LogP contribution in [0.3, 0.4) is 0 Å². The van der Waals surface area contributed by atoms with Gasteiger partial charge in [0.25, 0.3) is 5.91 Å². The molecule has 1 aromatic rings. The summed E-state index contributed by atoms with van der Waals surface area (Å²) in [5.74, 6) is 0.194. The summed E-state index contributed by atoms with van der Waals surface area (Å²) in [6.07, 6.45) is 7.31. The summed E-state index contributed by atoms with van der Waals surface area (Å²) in [4.78, 5) is 26.9. The first-order chi connectivity index (χ1) is 14.4. The van der Waals surface area contributed by atoms with Gasteiger partial charge < -0.3 is 10.2 Å². The fraction of sp³-hybridized carbons (Fsp3) is 0.636.